The molecule has 5 nitrogen and oxygen atoms in total. The molecular formula is C11H14N2O3. The smallest absolute Gasteiger partial charge is 0.324 e. The van der Waals surface area contributed by atoms with Crippen molar-refractivity contribution in [1.29, 1.82) is 0 Å². The van der Waals surface area contributed by atoms with Gasteiger partial charge in [-0.3, -0.25) is 4.79 Å². The fourth-order valence-electron chi connectivity index (χ4n) is 1.78. The van der Waals surface area contributed by atoms with E-state index < -0.39 is 0 Å². The number of ether oxygens (including phenoxy) is 1. The quantitative estimate of drug-likeness (QED) is 0.635. The zero-order valence-electron chi connectivity index (χ0n) is 8.93. The highest BCUT2D eigenvalue weighted by molar-refractivity contribution is 5.76. The number of phenols is 1. The van der Waals surface area contributed by atoms with Crippen molar-refractivity contribution in [3.8, 4) is 5.75 Å². The summed E-state index contributed by atoms with van der Waals surface area (Å²) in [7, 11) is 1.37. The molecule has 2 rings (SSSR count). The molecule has 0 amide bonds. The second-order valence-electron chi connectivity index (χ2n) is 3.74. The van der Waals surface area contributed by atoms with Crippen LogP contribution in [0.5, 0.6) is 5.75 Å². The molecule has 5 heteroatoms. The SMILES string of the molecule is COC(=O)C1CC(c2ccc(O)cc2)NN1. The molecule has 16 heavy (non-hydrogen) atoms. The molecule has 2 atom stereocenters. The number of carbonyl (C=O) groups excluding carboxylic acids is 1. The van der Waals surface area contributed by atoms with Gasteiger partial charge >= 0.3 is 5.97 Å². The van der Waals surface area contributed by atoms with Crippen LogP contribution in [0, 0.1) is 0 Å². The summed E-state index contributed by atoms with van der Waals surface area (Å²) in [5.74, 6) is -0.0343. The first kappa shape index (κ1) is 10.9. The largest absolute Gasteiger partial charge is 0.508 e. The first-order valence-electron chi connectivity index (χ1n) is 5.08. The van der Waals surface area contributed by atoms with Crippen molar-refractivity contribution in [3.05, 3.63) is 29.8 Å². The monoisotopic (exact) mass is 222 g/mol. The molecule has 1 aromatic carbocycles. The van der Waals surface area contributed by atoms with Gasteiger partial charge in [-0.15, -0.1) is 0 Å². The van der Waals surface area contributed by atoms with Gasteiger partial charge in [-0.05, 0) is 24.1 Å². The Hall–Kier alpha value is -1.59. The summed E-state index contributed by atoms with van der Waals surface area (Å²) in [5.41, 5.74) is 6.93. The molecule has 0 aromatic heterocycles. The second kappa shape index (κ2) is 4.51. The van der Waals surface area contributed by atoms with Crippen LogP contribution in [0.3, 0.4) is 0 Å². The molecule has 2 unspecified atom stereocenters. The number of nitrogens with one attached hydrogen (secondary N) is 2. The summed E-state index contributed by atoms with van der Waals surface area (Å²) >= 11 is 0. The number of benzene rings is 1. The maximum absolute atomic E-state index is 11.3. The van der Waals surface area contributed by atoms with E-state index in [9.17, 15) is 4.79 Å². The lowest BCUT2D eigenvalue weighted by atomic mass is 10.0. The second-order valence-corrected chi connectivity index (χ2v) is 3.74. The van der Waals surface area contributed by atoms with Crippen molar-refractivity contribution in [3.63, 3.8) is 0 Å². The fraction of sp³-hybridized carbons (Fsp3) is 0.364. The zero-order chi connectivity index (χ0) is 11.5. The van der Waals surface area contributed by atoms with Gasteiger partial charge in [0.05, 0.1) is 7.11 Å². The number of hydrogen-bond acceptors (Lipinski definition) is 5. The lowest BCUT2D eigenvalue weighted by molar-refractivity contribution is -0.142. The van der Waals surface area contributed by atoms with E-state index in [1.54, 1.807) is 12.1 Å². The average molecular weight is 222 g/mol. The van der Waals surface area contributed by atoms with Crippen molar-refractivity contribution in [2.45, 2.75) is 18.5 Å². The Labute approximate surface area is 93.4 Å². The number of phenolic OH excluding ortho intramolecular Hbond substituents is 1. The Morgan fingerprint density at radius 2 is 2.06 bits per heavy atom. The van der Waals surface area contributed by atoms with Crippen LogP contribution in [-0.2, 0) is 9.53 Å². The van der Waals surface area contributed by atoms with E-state index in [0.717, 1.165) is 5.56 Å². The van der Waals surface area contributed by atoms with Gasteiger partial charge in [0.15, 0.2) is 0 Å². The molecule has 1 aliphatic rings. The normalized spacial score (nSPS) is 24.3. The molecule has 0 saturated carbocycles. The molecule has 1 fully saturated rings. The third-order valence-corrected chi connectivity index (χ3v) is 2.68. The van der Waals surface area contributed by atoms with Crippen molar-refractivity contribution in [2.24, 2.45) is 0 Å². The third-order valence-electron chi connectivity index (χ3n) is 2.68. The molecule has 0 bridgehead atoms. The van der Waals surface area contributed by atoms with Crippen LogP contribution in [0.1, 0.15) is 18.0 Å². The van der Waals surface area contributed by atoms with Gasteiger partial charge in [0.2, 0.25) is 0 Å². The molecule has 0 radical (unpaired) electrons. The van der Waals surface area contributed by atoms with E-state index in [2.05, 4.69) is 15.6 Å². The highest BCUT2D eigenvalue weighted by atomic mass is 16.5. The van der Waals surface area contributed by atoms with Gasteiger partial charge in [0, 0.05) is 6.04 Å². The van der Waals surface area contributed by atoms with Crippen LogP contribution in [0.2, 0.25) is 0 Å². The molecule has 1 heterocycles. The minimum absolute atomic E-state index is 0.0599. The molecule has 0 spiro atoms. The zero-order valence-corrected chi connectivity index (χ0v) is 8.93. The standard InChI is InChI=1S/C11H14N2O3/c1-16-11(15)10-6-9(12-13-10)7-2-4-8(14)5-3-7/h2-5,9-10,12-14H,6H2,1H3. The lowest BCUT2D eigenvalue weighted by Gasteiger charge is -2.09. The summed E-state index contributed by atoms with van der Waals surface area (Å²) in [6, 6.07) is 6.65. The van der Waals surface area contributed by atoms with Crippen molar-refractivity contribution in [2.75, 3.05) is 7.11 Å². The topological polar surface area (TPSA) is 70.6 Å². The Bertz CT molecular complexity index is 377. The van der Waals surface area contributed by atoms with Crippen LogP contribution in [0.4, 0.5) is 0 Å². The van der Waals surface area contributed by atoms with Crippen molar-refractivity contribution in [1.82, 2.24) is 10.9 Å². The van der Waals surface area contributed by atoms with Crippen LogP contribution >= 0.6 is 0 Å². The maximum atomic E-state index is 11.3. The molecule has 1 aromatic rings. The van der Waals surface area contributed by atoms with E-state index in [1.165, 1.54) is 7.11 Å². The van der Waals surface area contributed by atoms with Crippen molar-refractivity contribution >= 4 is 5.97 Å². The summed E-state index contributed by atoms with van der Waals surface area (Å²) in [6.07, 6.45) is 0.636. The fourth-order valence-corrected chi connectivity index (χ4v) is 1.78. The average Bonchev–Trinajstić information content (AvgIpc) is 2.78. The van der Waals surface area contributed by atoms with Crippen LogP contribution in [0.15, 0.2) is 24.3 Å². The number of carbonyl (C=O) groups is 1. The van der Waals surface area contributed by atoms with Gasteiger partial charge in [-0.25, -0.2) is 10.9 Å². The highest BCUT2D eigenvalue weighted by Gasteiger charge is 2.30. The van der Waals surface area contributed by atoms with Crippen LogP contribution < -0.4 is 10.9 Å². The number of rotatable bonds is 2. The third kappa shape index (κ3) is 2.15. The summed E-state index contributed by atoms with van der Waals surface area (Å²) in [4.78, 5) is 11.3. The van der Waals surface area contributed by atoms with Gasteiger partial charge in [-0.1, -0.05) is 12.1 Å². The molecule has 1 aliphatic heterocycles. The predicted molar refractivity (Wildman–Crippen MR) is 57.5 cm³/mol. The maximum Gasteiger partial charge on any atom is 0.324 e. The first-order valence-corrected chi connectivity index (χ1v) is 5.08. The number of hydrazine groups is 1. The van der Waals surface area contributed by atoms with E-state index in [4.69, 9.17) is 5.11 Å². The summed E-state index contributed by atoms with van der Waals surface area (Å²) in [5, 5.41) is 9.17. The van der Waals surface area contributed by atoms with E-state index >= 15 is 0 Å². The number of esters is 1. The number of aromatic hydroxyl groups is 1. The Balaban J connectivity index is 2.03. The molecule has 86 valence electrons. The van der Waals surface area contributed by atoms with E-state index in [0.29, 0.717) is 6.42 Å². The van der Waals surface area contributed by atoms with Crippen molar-refractivity contribution < 1.29 is 14.6 Å². The number of hydrogen-bond donors (Lipinski definition) is 3. The van der Waals surface area contributed by atoms with Crippen LogP contribution in [-0.4, -0.2) is 24.2 Å². The first-order chi connectivity index (χ1) is 7.70. The molecular weight excluding hydrogens is 208 g/mol. The summed E-state index contributed by atoms with van der Waals surface area (Å²) in [6.45, 7) is 0. The van der Waals surface area contributed by atoms with Gasteiger partial charge in [0.25, 0.3) is 0 Å². The molecule has 0 aliphatic carbocycles. The van der Waals surface area contributed by atoms with Crippen LogP contribution in [0.25, 0.3) is 0 Å². The molecule has 3 N–H and O–H groups in total. The Morgan fingerprint density at radius 1 is 1.38 bits per heavy atom. The predicted octanol–water partition coefficient (Wildman–Crippen LogP) is 0.473. The Kier molecular flexibility index (Phi) is 3.07. The van der Waals surface area contributed by atoms with E-state index in [1.807, 2.05) is 12.1 Å². The van der Waals surface area contributed by atoms with Gasteiger partial charge in [0.1, 0.15) is 11.8 Å². The van der Waals surface area contributed by atoms with Gasteiger partial charge in [-0.2, -0.15) is 0 Å². The minimum Gasteiger partial charge on any atom is -0.508 e. The summed E-state index contributed by atoms with van der Waals surface area (Å²) < 4.78 is 4.66. The number of methoxy groups -OCH3 is 1. The highest BCUT2D eigenvalue weighted by Crippen LogP contribution is 2.24. The lowest BCUT2D eigenvalue weighted by Crippen LogP contribution is -2.36. The Morgan fingerprint density at radius 3 is 2.69 bits per heavy atom. The van der Waals surface area contributed by atoms with Gasteiger partial charge < -0.3 is 9.84 Å². The van der Waals surface area contributed by atoms with E-state index in [-0.39, 0.29) is 23.8 Å². The minimum atomic E-state index is -0.316. The molecule has 1 saturated heterocycles.